The molecule has 2 heterocycles. The van der Waals surface area contributed by atoms with Crippen molar-refractivity contribution in [2.75, 3.05) is 42.6 Å². The van der Waals surface area contributed by atoms with Crippen molar-refractivity contribution in [3.8, 4) is 0 Å². The minimum Gasteiger partial charge on any atom is -0.340 e. The third-order valence-electron chi connectivity index (χ3n) is 6.94. The fourth-order valence-corrected chi connectivity index (χ4v) is 6.63. The normalized spacial score (nSPS) is 13.6. The van der Waals surface area contributed by atoms with Crippen LogP contribution >= 0.6 is 23.1 Å². The van der Waals surface area contributed by atoms with Gasteiger partial charge in [0.1, 0.15) is 0 Å². The second-order valence-corrected chi connectivity index (χ2v) is 12.1. The van der Waals surface area contributed by atoms with E-state index in [9.17, 15) is 14.4 Å². The molecule has 4 aromatic rings. The first-order chi connectivity index (χ1) is 20.4. The Kier molecular flexibility index (Phi) is 10.0. The van der Waals surface area contributed by atoms with E-state index < -0.39 is 0 Å². The van der Waals surface area contributed by atoms with E-state index in [-0.39, 0.29) is 35.9 Å². The fraction of sp³-hybridized carbons (Fsp3) is 0.250. The first-order valence-electron chi connectivity index (χ1n) is 13.8. The number of carbonyl (C=O) groups excluding carboxylic acids is 3. The molecule has 0 atom stereocenters. The number of anilines is 2. The standard InChI is InChI=1S/C32H33N5O3S2/c1-23(38)33-26-12-14-27(15-13-26)34-29(39)22-42-32-35-28(21-41-32)20-30(40)36-16-18-37(19-17-36)31(24-8-4-2-5-9-24)25-10-6-3-7-11-25/h2-15,21,31H,16-20,22H2,1H3,(H,33,38)(H,34,39). The zero-order chi connectivity index (χ0) is 29.3. The largest absolute Gasteiger partial charge is 0.340 e. The lowest BCUT2D eigenvalue weighted by atomic mass is 9.96. The smallest absolute Gasteiger partial charge is 0.234 e. The molecular weight excluding hydrogens is 567 g/mol. The number of hydrogen-bond acceptors (Lipinski definition) is 7. The summed E-state index contributed by atoms with van der Waals surface area (Å²) < 4.78 is 0.757. The zero-order valence-corrected chi connectivity index (χ0v) is 25.0. The lowest BCUT2D eigenvalue weighted by Gasteiger charge is -2.39. The van der Waals surface area contributed by atoms with Crippen LogP contribution in [0.1, 0.15) is 29.8 Å². The van der Waals surface area contributed by atoms with Crippen LogP contribution in [-0.2, 0) is 20.8 Å². The molecule has 216 valence electrons. The minimum absolute atomic E-state index is 0.0768. The maximum Gasteiger partial charge on any atom is 0.234 e. The van der Waals surface area contributed by atoms with Gasteiger partial charge in [-0.1, -0.05) is 72.4 Å². The molecule has 5 rings (SSSR count). The SMILES string of the molecule is CC(=O)Nc1ccc(NC(=O)CSc2nc(CC(=O)N3CCN(C(c4ccccc4)c4ccccc4)CC3)cs2)cc1. The summed E-state index contributed by atoms with van der Waals surface area (Å²) in [7, 11) is 0. The molecule has 0 spiro atoms. The Bertz CT molecular complexity index is 1450. The van der Waals surface area contributed by atoms with E-state index in [0.717, 1.165) is 23.1 Å². The molecular formula is C32H33N5O3S2. The predicted octanol–water partition coefficient (Wildman–Crippen LogP) is 5.31. The number of thiazole rings is 1. The number of amides is 3. The predicted molar refractivity (Wildman–Crippen MR) is 169 cm³/mol. The van der Waals surface area contributed by atoms with Gasteiger partial charge in [0.15, 0.2) is 4.34 Å². The third-order valence-corrected chi connectivity index (χ3v) is 9.01. The Hall–Kier alpha value is -3.99. The number of nitrogens with zero attached hydrogens (tertiary/aromatic N) is 3. The highest BCUT2D eigenvalue weighted by Gasteiger charge is 2.28. The van der Waals surface area contributed by atoms with Crippen molar-refractivity contribution in [3.63, 3.8) is 0 Å². The topological polar surface area (TPSA) is 94.6 Å². The van der Waals surface area contributed by atoms with E-state index in [1.165, 1.54) is 41.1 Å². The third kappa shape index (κ3) is 8.06. The number of nitrogens with one attached hydrogen (secondary N) is 2. The molecule has 1 saturated heterocycles. The van der Waals surface area contributed by atoms with Gasteiger partial charge in [0, 0.05) is 49.9 Å². The minimum atomic E-state index is -0.151. The van der Waals surface area contributed by atoms with E-state index in [0.29, 0.717) is 24.5 Å². The molecule has 1 aliphatic rings. The van der Waals surface area contributed by atoms with Crippen LogP contribution in [0.25, 0.3) is 0 Å². The van der Waals surface area contributed by atoms with E-state index in [2.05, 4.69) is 69.0 Å². The van der Waals surface area contributed by atoms with Crippen molar-refractivity contribution in [1.82, 2.24) is 14.8 Å². The molecule has 1 aliphatic heterocycles. The van der Waals surface area contributed by atoms with E-state index in [1.807, 2.05) is 22.4 Å². The maximum atomic E-state index is 13.1. The van der Waals surface area contributed by atoms with Crippen LogP contribution in [0, 0.1) is 0 Å². The molecule has 3 amide bonds. The van der Waals surface area contributed by atoms with Gasteiger partial charge in [-0.25, -0.2) is 4.98 Å². The van der Waals surface area contributed by atoms with Crippen LogP contribution in [0.4, 0.5) is 11.4 Å². The van der Waals surface area contributed by atoms with Gasteiger partial charge in [0.05, 0.1) is 23.9 Å². The Morgan fingerprint density at radius 1 is 0.833 bits per heavy atom. The number of benzene rings is 3. The summed E-state index contributed by atoms with van der Waals surface area (Å²) in [6.07, 6.45) is 0.255. The lowest BCUT2D eigenvalue weighted by Crippen LogP contribution is -2.50. The summed E-state index contributed by atoms with van der Waals surface area (Å²) in [6.45, 7) is 4.38. The molecule has 3 aromatic carbocycles. The van der Waals surface area contributed by atoms with Crippen LogP contribution in [0.3, 0.4) is 0 Å². The van der Waals surface area contributed by atoms with Crippen LogP contribution in [0.15, 0.2) is 94.6 Å². The summed E-state index contributed by atoms with van der Waals surface area (Å²) in [5, 5.41) is 7.44. The molecule has 42 heavy (non-hydrogen) atoms. The summed E-state index contributed by atoms with van der Waals surface area (Å²) >= 11 is 2.80. The highest BCUT2D eigenvalue weighted by molar-refractivity contribution is 8.01. The van der Waals surface area contributed by atoms with Gasteiger partial charge in [0.25, 0.3) is 0 Å². The van der Waals surface area contributed by atoms with Crippen LogP contribution < -0.4 is 10.6 Å². The Labute approximate surface area is 254 Å². The number of aromatic nitrogens is 1. The zero-order valence-electron chi connectivity index (χ0n) is 23.4. The summed E-state index contributed by atoms with van der Waals surface area (Å²) in [6, 6.07) is 28.2. The lowest BCUT2D eigenvalue weighted by molar-refractivity contribution is -0.132. The van der Waals surface area contributed by atoms with Gasteiger partial charge in [-0.15, -0.1) is 11.3 Å². The van der Waals surface area contributed by atoms with Crippen LogP contribution in [0.5, 0.6) is 0 Å². The summed E-state index contributed by atoms with van der Waals surface area (Å²) in [5.41, 5.74) is 4.56. The quantitative estimate of drug-likeness (QED) is 0.240. The molecule has 0 unspecified atom stereocenters. The van der Waals surface area contributed by atoms with Gasteiger partial charge in [0.2, 0.25) is 17.7 Å². The Morgan fingerprint density at radius 2 is 1.40 bits per heavy atom. The Morgan fingerprint density at radius 3 is 1.98 bits per heavy atom. The molecule has 0 aliphatic carbocycles. The second-order valence-electron chi connectivity index (χ2n) is 10.0. The van der Waals surface area contributed by atoms with Gasteiger partial charge in [-0.05, 0) is 35.4 Å². The summed E-state index contributed by atoms with van der Waals surface area (Å²) in [4.78, 5) is 45.7. The van der Waals surface area contributed by atoms with E-state index in [4.69, 9.17) is 0 Å². The molecule has 1 aromatic heterocycles. The molecule has 10 heteroatoms. The summed E-state index contributed by atoms with van der Waals surface area (Å²) in [5.74, 6) is -0.0124. The molecule has 2 N–H and O–H groups in total. The fourth-order valence-electron chi connectivity index (χ4n) is 4.98. The van der Waals surface area contributed by atoms with Crippen molar-refractivity contribution >= 4 is 52.2 Å². The monoisotopic (exact) mass is 599 g/mol. The number of rotatable bonds is 10. The van der Waals surface area contributed by atoms with E-state index >= 15 is 0 Å². The van der Waals surface area contributed by atoms with Gasteiger partial charge >= 0.3 is 0 Å². The molecule has 0 bridgehead atoms. The van der Waals surface area contributed by atoms with Crippen LogP contribution in [0.2, 0.25) is 0 Å². The highest BCUT2D eigenvalue weighted by atomic mass is 32.2. The van der Waals surface area contributed by atoms with Gasteiger partial charge in [-0.2, -0.15) is 0 Å². The van der Waals surface area contributed by atoms with Crippen molar-refractivity contribution in [1.29, 1.82) is 0 Å². The average molecular weight is 600 g/mol. The number of thioether (sulfide) groups is 1. The molecule has 1 fully saturated rings. The highest BCUT2D eigenvalue weighted by Crippen LogP contribution is 2.30. The van der Waals surface area contributed by atoms with E-state index in [1.54, 1.807) is 24.3 Å². The maximum absolute atomic E-state index is 13.1. The number of piperazine rings is 1. The van der Waals surface area contributed by atoms with Crippen LogP contribution in [-0.4, -0.2) is 64.4 Å². The first kappa shape index (κ1) is 29.5. The van der Waals surface area contributed by atoms with Gasteiger partial charge < -0.3 is 15.5 Å². The number of hydrogen-bond donors (Lipinski definition) is 2. The number of carbonyl (C=O) groups is 3. The average Bonchev–Trinajstić information content (AvgIpc) is 3.45. The molecule has 0 radical (unpaired) electrons. The van der Waals surface area contributed by atoms with Crippen molar-refractivity contribution in [2.45, 2.75) is 23.7 Å². The first-order valence-corrected chi connectivity index (χ1v) is 15.7. The van der Waals surface area contributed by atoms with Crippen molar-refractivity contribution in [3.05, 3.63) is 107 Å². The second kappa shape index (κ2) is 14.3. The molecule has 0 saturated carbocycles. The van der Waals surface area contributed by atoms with Crippen molar-refractivity contribution < 1.29 is 14.4 Å². The molecule has 8 nitrogen and oxygen atoms in total. The van der Waals surface area contributed by atoms with Crippen molar-refractivity contribution in [2.24, 2.45) is 0 Å². The van der Waals surface area contributed by atoms with Gasteiger partial charge in [-0.3, -0.25) is 19.3 Å². The Balaban J connectivity index is 1.09.